The van der Waals surface area contributed by atoms with Crippen LogP contribution < -0.4 is 0 Å². The Labute approximate surface area is 99.6 Å². The van der Waals surface area contributed by atoms with Crippen LogP contribution in [0.4, 0.5) is 0 Å². The third kappa shape index (κ3) is 2.05. The Hall–Kier alpha value is -1.07. The van der Waals surface area contributed by atoms with E-state index in [-0.39, 0.29) is 5.91 Å². The molecule has 0 N–H and O–H groups in total. The molecule has 0 spiro atoms. The van der Waals surface area contributed by atoms with Gasteiger partial charge >= 0.3 is 0 Å². The number of aromatic nitrogens is 2. The highest BCUT2D eigenvalue weighted by Gasteiger charge is 2.24. The number of carbonyl (C=O) groups excluding carboxylic acids is 1. The van der Waals surface area contributed by atoms with Crippen LogP contribution in [0, 0.1) is 0 Å². The number of hydrogen-bond donors (Lipinski definition) is 0. The van der Waals surface area contributed by atoms with Crippen molar-refractivity contribution < 1.29 is 4.79 Å². The summed E-state index contributed by atoms with van der Waals surface area (Å²) in [4.78, 5) is 16.2. The van der Waals surface area contributed by atoms with Crippen LogP contribution in [0.2, 0.25) is 5.02 Å². The van der Waals surface area contributed by atoms with E-state index in [9.17, 15) is 4.79 Å². The SMILES string of the molecule is CN1CCN(C(=O)c2c(Cl)cnn2C)CC1. The van der Waals surface area contributed by atoms with Crippen LogP contribution in [-0.2, 0) is 7.05 Å². The normalized spacial score (nSPS) is 17.8. The monoisotopic (exact) mass is 242 g/mol. The molecule has 0 saturated carbocycles. The van der Waals surface area contributed by atoms with Gasteiger partial charge in [-0.1, -0.05) is 11.6 Å². The summed E-state index contributed by atoms with van der Waals surface area (Å²) < 4.78 is 1.53. The molecule has 0 unspecified atom stereocenters. The lowest BCUT2D eigenvalue weighted by Gasteiger charge is -2.32. The highest BCUT2D eigenvalue weighted by atomic mass is 35.5. The standard InChI is InChI=1S/C10H15ClN4O/c1-13-3-5-15(6-4-13)10(16)9-8(11)7-12-14(9)2/h7H,3-6H2,1-2H3. The summed E-state index contributed by atoms with van der Waals surface area (Å²) in [5, 5.41) is 4.40. The molecule has 1 fully saturated rings. The summed E-state index contributed by atoms with van der Waals surface area (Å²) >= 11 is 5.95. The summed E-state index contributed by atoms with van der Waals surface area (Å²) in [6.45, 7) is 3.30. The van der Waals surface area contributed by atoms with E-state index < -0.39 is 0 Å². The van der Waals surface area contributed by atoms with Crippen LogP contribution in [0.5, 0.6) is 0 Å². The van der Waals surface area contributed by atoms with E-state index in [0.717, 1.165) is 26.2 Å². The Bertz CT molecular complexity index is 376. The van der Waals surface area contributed by atoms with Crippen molar-refractivity contribution in [3.8, 4) is 0 Å². The van der Waals surface area contributed by atoms with Gasteiger partial charge < -0.3 is 9.80 Å². The fourth-order valence-corrected chi connectivity index (χ4v) is 2.06. The maximum absolute atomic E-state index is 12.2. The van der Waals surface area contributed by atoms with Gasteiger partial charge in [0, 0.05) is 33.2 Å². The Morgan fingerprint density at radius 1 is 1.31 bits per heavy atom. The molecule has 5 nitrogen and oxygen atoms in total. The molecule has 2 heterocycles. The van der Waals surface area contributed by atoms with Gasteiger partial charge in [0.2, 0.25) is 0 Å². The maximum atomic E-state index is 12.2. The minimum absolute atomic E-state index is 0.0295. The van der Waals surface area contributed by atoms with Gasteiger partial charge in [0.25, 0.3) is 5.91 Å². The van der Waals surface area contributed by atoms with Gasteiger partial charge in [-0.3, -0.25) is 9.48 Å². The smallest absolute Gasteiger partial charge is 0.273 e. The molecule has 1 aliphatic rings. The Morgan fingerprint density at radius 3 is 2.44 bits per heavy atom. The second-order valence-electron chi connectivity index (χ2n) is 4.06. The number of halogens is 1. The Kier molecular flexibility index (Phi) is 3.16. The van der Waals surface area contributed by atoms with Gasteiger partial charge in [0.1, 0.15) is 5.69 Å². The van der Waals surface area contributed by atoms with E-state index in [1.807, 2.05) is 4.90 Å². The third-order valence-corrected chi connectivity index (χ3v) is 3.16. The lowest BCUT2D eigenvalue weighted by atomic mass is 10.3. The zero-order valence-corrected chi connectivity index (χ0v) is 10.2. The first kappa shape index (κ1) is 11.4. The molecule has 88 valence electrons. The molecule has 6 heteroatoms. The molecule has 16 heavy (non-hydrogen) atoms. The molecular weight excluding hydrogens is 228 g/mol. The van der Waals surface area contributed by atoms with E-state index >= 15 is 0 Å². The van der Waals surface area contributed by atoms with Crippen molar-refractivity contribution in [3.05, 3.63) is 16.9 Å². The predicted octanol–water partition coefficient (Wildman–Crippen LogP) is 0.461. The van der Waals surface area contributed by atoms with E-state index in [1.165, 1.54) is 10.9 Å². The van der Waals surface area contributed by atoms with Gasteiger partial charge in [0.15, 0.2) is 0 Å². The lowest BCUT2D eigenvalue weighted by Crippen LogP contribution is -2.47. The van der Waals surface area contributed by atoms with Crippen molar-refractivity contribution in [1.29, 1.82) is 0 Å². The van der Waals surface area contributed by atoms with Crippen LogP contribution in [0.3, 0.4) is 0 Å². The quantitative estimate of drug-likeness (QED) is 0.719. The number of nitrogens with zero attached hydrogens (tertiary/aromatic N) is 4. The van der Waals surface area contributed by atoms with Gasteiger partial charge in [0.05, 0.1) is 11.2 Å². The number of carbonyl (C=O) groups is 1. The third-order valence-electron chi connectivity index (χ3n) is 2.89. The van der Waals surface area contributed by atoms with Crippen molar-refractivity contribution >= 4 is 17.5 Å². The van der Waals surface area contributed by atoms with E-state index in [0.29, 0.717) is 10.7 Å². The number of hydrogen-bond acceptors (Lipinski definition) is 3. The minimum Gasteiger partial charge on any atom is -0.335 e. The summed E-state index contributed by atoms with van der Waals surface area (Å²) in [5.74, 6) is -0.0295. The highest BCUT2D eigenvalue weighted by molar-refractivity contribution is 6.33. The van der Waals surface area contributed by atoms with E-state index in [2.05, 4.69) is 17.0 Å². The van der Waals surface area contributed by atoms with Gasteiger partial charge in [-0.25, -0.2) is 0 Å². The molecule has 0 aliphatic carbocycles. The van der Waals surface area contributed by atoms with Crippen molar-refractivity contribution in [2.75, 3.05) is 33.2 Å². The molecule has 0 atom stereocenters. The van der Waals surface area contributed by atoms with Crippen LogP contribution >= 0.6 is 11.6 Å². The van der Waals surface area contributed by atoms with E-state index in [1.54, 1.807) is 7.05 Å². The van der Waals surface area contributed by atoms with Gasteiger partial charge in [-0.05, 0) is 7.05 Å². The fourth-order valence-electron chi connectivity index (χ4n) is 1.81. The molecule has 1 amide bonds. The molecule has 1 aliphatic heterocycles. The Balaban J connectivity index is 2.14. The van der Waals surface area contributed by atoms with Gasteiger partial charge in [-0.2, -0.15) is 5.10 Å². The molecular formula is C10H15ClN4O. The number of aryl methyl sites for hydroxylation is 1. The average Bonchev–Trinajstić information content (AvgIpc) is 2.59. The summed E-state index contributed by atoms with van der Waals surface area (Å²) in [6, 6.07) is 0. The van der Waals surface area contributed by atoms with Gasteiger partial charge in [-0.15, -0.1) is 0 Å². The summed E-state index contributed by atoms with van der Waals surface area (Å²) in [7, 11) is 3.79. The second kappa shape index (κ2) is 4.43. The summed E-state index contributed by atoms with van der Waals surface area (Å²) in [6.07, 6.45) is 1.50. The van der Waals surface area contributed by atoms with Crippen LogP contribution in [0.1, 0.15) is 10.5 Å². The topological polar surface area (TPSA) is 41.4 Å². The van der Waals surface area contributed by atoms with Crippen LogP contribution in [0.25, 0.3) is 0 Å². The average molecular weight is 243 g/mol. The molecule has 2 rings (SSSR count). The van der Waals surface area contributed by atoms with Crippen molar-refractivity contribution in [1.82, 2.24) is 19.6 Å². The van der Waals surface area contributed by atoms with Crippen molar-refractivity contribution in [2.24, 2.45) is 7.05 Å². The first-order valence-electron chi connectivity index (χ1n) is 5.25. The number of rotatable bonds is 1. The number of amides is 1. The molecule has 1 aromatic rings. The largest absolute Gasteiger partial charge is 0.335 e. The molecule has 0 bridgehead atoms. The predicted molar refractivity (Wildman–Crippen MR) is 61.6 cm³/mol. The second-order valence-corrected chi connectivity index (χ2v) is 4.47. The van der Waals surface area contributed by atoms with E-state index in [4.69, 9.17) is 11.6 Å². The first-order chi connectivity index (χ1) is 7.59. The molecule has 1 aromatic heterocycles. The Morgan fingerprint density at radius 2 is 1.94 bits per heavy atom. The highest BCUT2D eigenvalue weighted by Crippen LogP contribution is 2.17. The van der Waals surface area contributed by atoms with Crippen molar-refractivity contribution in [2.45, 2.75) is 0 Å². The fraction of sp³-hybridized carbons (Fsp3) is 0.600. The zero-order valence-electron chi connectivity index (χ0n) is 9.48. The minimum atomic E-state index is -0.0295. The molecule has 0 radical (unpaired) electrons. The molecule has 0 aromatic carbocycles. The van der Waals surface area contributed by atoms with Crippen LogP contribution in [0.15, 0.2) is 6.20 Å². The zero-order chi connectivity index (χ0) is 11.7. The van der Waals surface area contributed by atoms with Crippen molar-refractivity contribution in [3.63, 3.8) is 0 Å². The maximum Gasteiger partial charge on any atom is 0.273 e. The number of piperazine rings is 1. The molecule has 1 saturated heterocycles. The summed E-state index contributed by atoms with van der Waals surface area (Å²) in [5.41, 5.74) is 0.478. The first-order valence-corrected chi connectivity index (χ1v) is 5.62. The van der Waals surface area contributed by atoms with Crippen LogP contribution in [-0.4, -0.2) is 58.7 Å². The number of likely N-dealkylation sites (N-methyl/N-ethyl adjacent to an activating group) is 1. The lowest BCUT2D eigenvalue weighted by molar-refractivity contribution is 0.0653.